The van der Waals surface area contributed by atoms with Crippen LogP contribution >= 0.6 is 22.7 Å². The smallest absolute Gasteiger partial charge is 0.254 e. The molecule has 0 bridgehead atoms. The highest BCUT2D eigenvalue weighted by atomic mass is 32.1. The minimum atomic E-state index is 0.157. The van der Waals surface area contributed by atoms with Crippen molar-refractivity contribution in [1.29, 1.82) is 0 Å². The van der Waals surface area contributed by atoms with Crippen LogP contribution in [0, 0.1) is 13.8 Å². The van der Waals surface area contributed by atoms with Crippen molar-refractivity contribution in [2.75, 3.05) is 13.1 Å². The predicted octanol–water partition coefficient (Wildman–Crippen LogP) is 4.30. The van der Waals surface area contributed by atoms with Gasteiger partial charge in [0.2, 0.25) is 0 Å². The Bertz CT molecular complexity index is 911. The Morgan fingerprint density at radius 2 is 2.08 bits per heavy atom. The first-order valence-corrected chi connectivity index (χ1v) is 10.4. The highest BCUT2D eigenvalue weighted by Gasteiger charge is 2.27. The van der Waals surface area contributed by atoms with Gasteiger partial charge in [0.25, 0.3) is 5.91 Å². The van der Waals surface area contributed by atoms with E-state index in [0.717, 1.165) is 52.8 Å². The maximum atomic E-state index is 12.6. The first kappa shape index (κ1) is 17.3. The maximum Gasteiger partial charge on any atom is 0.254 e. The third-order valence-electron chi connectivity index (χ3n) is 4.74. The van der Waals surface area contributed by atoms with Crippen molar-refractivity contribution < 1.29 is 4.79 Å². The molecular formula is C19H20N4OS2. The molecule has 26 heavy (non-hydrogen) atoms. The zero-order valence-corrected chi connectivity index (χ0v) is 16.4. The monoisotopic (exact) mass is 384 g/mol. The molecule has 134 valence electrons. The highest BCUT2D eigenvalue weighted by Crippen LogP contribution is 2.36. The van der Waals surface area contributed by atoms with Crippen molar-refractivity contribution >= 4 is 28.6 Å². The van der Waals surface area contributed by atoms with Crippen molar-refractivity contribution in [3.8, 4) is 10.6 Å². The van der Waals surface area contributed by atoms with E-state index in [1.54, 1.807) is 35.2 Å². The van der Waals surface area contributed by atoms with Gasteiger partial charge in [-0.2, -0.15) is 0 Å². The van der Waals surface area contributed by atoms with Crippen molar-refractivity contribution in [2.24, 2.45) is 0 Å². The number of thiazole rings is 1. The van der Waals surface area contributed by atoms with Crippen LogP contribution in [0.1, 0.15) is 44.7 Å². The molecule has 0 aromatic carbocycles. The number of thiophene rings is 1. The fourth-order valence-electron chi connectivity index (χ4n) is 3.32. The molecule has 1 aliphatic rings. The molecule has 1 aliphatic heterocycles. The van der Waals surface area contributed by atoms with E-state index < -0.39 is 0 Å². The van der Waals surface area contributed by atoms with Crippen molar-refractivity contribution in [2.45, 2.75) is 32.6 Å². The van der Waals surface area contributed by atoms with E-state index in [0.29, 0.717) is 5.92 Å². The highest BCUT2D eigenvalue weighted by molar-refractivity contribution is 7.15. The van der Waals surface area contributed by atoms with E-state index in [-0.39, 0.29) is 5.91 Å². The lowest BCUT2D eigenvalue weighted by Gasteiger charge is -2.31. The summed E-state index contributed by atoms with van der Waals surface area (Å²) in [5.41, 5.74) is 2.78. The van der Waals surface area contributed by atoms with Crippen LogP contribution in [0.4, 0.5) is 0 Å². The number of amides is 1. The van der Waals surface area contributed by atoms with E-state index in [9.17, 15) is 4.79 Å². The molecule has 5 nitrogen and oxygen atoms in total. The third kappa shape index (κ3) is 3.41. The molecule has 1 fully saturated rings. The standard InChI is InChI=1S/C19H20N4OS2/c1-12-9-15(10-25-12)19(24)23-7-4-14(5-8-23)18-22-13(2)17(26-18)16-3-6-20-11-21-16/h3,6,9-11,14H,4-5,7-8H2,1-2H3. The van der Waals surface area contributed by atoms with Crippen LogP contribution in [0.2, 0.25) is 0 Å². The van der Waals surface area contributed by atoms with Crippen LogP contribution in [0.3, 0.4) is 0 Å². The van der Waals surface area contributed by atoms with Crippen LogP contribution in [0.25, 0.3) is 10.6 Å². The Hall–Kier alpha value is -2.12. The summed E-state index contributed by atoms with van der Waals surface area (Å²) in [5.74, 6) is 0.576. The number of rotatable bonds is 3. The molecule has 0 unspecified atom stereocenters. The number of hydrogen-bond acceptors (Lipinski definition) is 6. The molecule has 0 radical (unpaired) electrons. The van der Waals surface area contributed by atoms with Gasteiger partial charge in [-0.3, -0.25) is 4.79 Å². The van der Waals surface area contributed by atoms with Gasteiger partial charge in [0.15, 0.2) is 0 Å². The van der Waals surface area contributed by atoms with Gasteiger partial charge < -0.3 is 4.90 Å². The normalized spacial score (nSPS) is 15.4. The number of piperidine rings is 1. The van der Waals surface area contributed by atoms with Gasteiger partial charge in [-0.1, -0.05) is 0 Å². The van der Waals surface area contributed by atoms with Crippen LogP contribution in [0.5, 0.6) is 0 Å². The Kier molecular flexibility index (Phi) is 4.82. The number of likely N-dealkylation sites (tertiary alicyclic amines) is 1. The fourth-order valence-corrected chi connectivity index (χ4v) is 5.21. The molecule has 7 heteroatoms. The molecule has 0 aliphatic carbocycles. The first-order valence-electron chi connectivity index (χ1n) is 8.70. The van der Waals surface area contributed by atoms with Crippen molar-refractivity contribution in [1.82, 2.24) is 19.9 Å². The summed E-state index contributed by atoms with van der Waals surface area (Å²) in [6, 6.07) is 3.91. The first-order chi connectivity index (χ1) is 12.6. The van der Waals surface area contributed by atoms with E-state index in [2.05, 4.69) is 9.97 Å². The van der Waals surface area contributed by atoms with Crippen molar-refractivity contribution in [3.05, 3.63) is 51.2 Å². The summed E-state index contributed by atoms with van der Waals surface area (Å²) in [5, 5.41) is 3.12. The second-order valence-electron chi connectivity index (χ2n) is 6.57. The molecule has 0 spiro atoms. The summed E-state index contributed by atoms with van der Waals surface area (Å²) < 4.78 is 0. The Balaban J connectivity index is 1.45. The number of carbonyl (C=O) groups is 1. The van der Waals surface area contributed by atoms with E-state index >= 15 is 0 Å². The lowest BCUT2D eigenvalue weighted by molar-refractivity contribution is 0.0713. The zero-order valence-electron chi connectivity index (χ0n) is 14.8. The minimum absolute atomic E-state index is 0.157. The van der Waals surface area contributed by atoms with Crippen LogP contribution in [-0.2, 0) is 0 Å². The molecule has 0 saturated carbocycles. The number of hydrogen-bond donors (Lipinski definition) is 0. The molecule has 4 heterocycles. The Labute approximate surface area is 160 Å². The van der Waals surface area contributed by atoms with Crippen LogP contribution < -0.4 is 0 Å². The van der Waals surface area contributed by atoms with Gasteiger partial charge in [0, 0.05) is 35.5 Å². The lowest BCUT2D eigenvalue weighted by Crippen LogP contribution is -2.37. The average Bonchev–Trinajstić information content (AvgIpc) is 3.28. The second-order valence-corrected chi connectivity index (χ2v) is 8.72. The summed E-state index contributed by atoms with van der Waals surface area (Å²) in [4.78, 5) is 30.0. The van der Waals surface area contributed by atoms with Crippen LogP contribution in [-0.4, -0.2) is 38.8 Å². The Morgan fingerprint density at radius 3 is 2.73 bits per heavy atom. The molecule has 0 N–H and O–H groups in total. The summed E-state index contributed by atoms with van der Waals surface area (Å²) in [6.07, 6.45) is 5.26. The summed E-state index contributed by atoms with van der Waals surface area (Å²) >= 11 is 3.36. The molecular weight excluding hydrogens is 364 g/mol. The van der Waals surface area contributed by atoms with Crippen LogP contribution in [0.15, 0.2) is 30.0 Å². The molecule has 3 aromatic rings. The maximum absolute atomic E-state index is 12.6. The second kappa shape index (κ2) is 7.25. The molecule has 0 atom stereocenters. The van der Waals surface area contributed by atoms with E-state index in [1.165, 1.54) is 4.88 Å². The summed E-state index contributed by atoms with van der Waals surface area (Å²) in [6.45, 7) is 5.66. The van der Waals surface area contributed by atoms with Gasteiger partial charge in [-0.05, 0) is 38.8 Å². The molecule has 1 saturated heterocycles. The number of carbonyl (C=O) groups excluding carboxylic acids is 1. The number of aromatic nitrogens is 3. The van der Waals surface area contributed by atoms with E-state index in [1.807, 2.05) is 36.3 Å². The lowest BCUT2D eigenvalue weighted by atomic mass is 9.97. The largest absolute Gasteiger partial charge is 0.339 e. The number of aryl methyl sites for hydroxylation is 2. The van der Waals surface area contributed by atoms with Gasteiger partial charge >= 0.3 is 0 Å². The van der Waals surface area contributed by atoms with Gasteiger partial charge in [-0.25, -0.2) is 15.0 Å². The Morgan fingerprint density at radius 1 is 1.27 bits per heavy atom. The fraction of sp³-hybridized carbons (Fsp3) is 0.368. The molecule has 1 amide bonds. The van der Waals surface area contributed by atoms with Gasteiger partial charge in [0.05, 0.1) is 26.8 Å². The third-order valence-corrected chi connectivity index (χ3v) is 6.94. The molecule has 4 rings (SSSR count). The molecule has 3 aromatic heterocycles. The zero-order chi connectivity index (χ0) is 18.1. The van der Waals surface area contributed by atoms with E-state index in [4.69, 9.17) is 4.98 Å². The van der Waals surface area contributed by atoms with Crippen molar-refractivity contribution in [3.63, 3.8) is 0 Å². The quantitative estimate of drug-likeness (QED) is 0.676. The average molecular weight is 385 g/mol. The van der Waals surface area contributed by atoms with Gasteiger partial charge in [0.1, 0.15) is 6.33 Å². The SMILES string of the molecule is Cc1cc(C(=O)N2CCC(c3nc(C)c(-c4ccncn4)s3)CC2)cs1. The predicted molar refractivity (Wildman–Crippen MR) is 105 cm³/mol. The topological polar surface area (TPSA) is 59.0 Å². The minimum Gasteiger partial charge on any atom is -0.339 e. The summed E-state index contributed by atoms with van der Waals surface area (Å²) in [7, 11) is 0. The van der Waals surface area contributed by atoms with Gasteiger partial charge in [-0.15, -0.1) is 22.7 Å². The number of nitrogens with zero attached hydrogens (tertiary/aromatic N) is 4.